The molecule has 1 heterocycles. The first-order chi connectivity index (χ1) is 18.9. The molecule has 1 saturated heterocycles. The zero-order valence-electron chi connectivity index (χ0n) is 24.3. The van der Waals surface area contributed by atoms with Gasteiger partial charge in [0.05, 0.1) is 17.3 Å². The van der Waals surface area contributed by atoms with Gasteiger partial charge in [0.15, 0.2) is 11.4 Å². The fraction of sp³-hybridized carbons (Fsp3) is 0.567. The monoisotopic (exact) mass is 568 g/mol. The zero-order valence-corrected chi connectivity index (χ0v) is 24.3. The van der Waals surface area contributed by atoms with E-state index >= 15 is 0 Å². The molecule has 0 bridgehead atoms. The van der Waals surface area contributed by atoms with Crippen LogP contribution in [0.3, 0.4) is 0 Å². The highest BCUT2D eigenvalue weighted by Gasteiger charge is 2.64. The molecule has 1 aromatic rings. The Morgan fingerprint density at radius 1 is 1.07 bits per heavy atom. The number of piperidine rings is 1. The Balaban J connectivity index is 1.58. The van der Waals surface area contributed by atoms with Crippen molar-refractivity contribution >= 4 is 28.9 Å². The molecule has 1 saturated carbocycles. The van der Waals surface area contributed by atoms with Crippen LogP contribution in [0.25, 0.3) is 5.76 Å². The average molecular weight is 569 g/mol. The lowest BCUT2D eigenvalue weighted by Crippen LogP contribution is -2.65. The quantitative estimate of drug-likeness (QED) is 0.208. The van der Waals surface area contributed by atoms with Gasteiger partial charge in [-0.2, -0.15) is 0 Å². The number of nitrogens with two attached hydrogens (primary N) is 1. The Bertz CT molecular complexity index is 1410. The van der Waals surface area contributed by atoms with Crippen molar-refractivity contribution in [3.8, 4) is 5.75 Å². The van der Waals surface area contributed by atoms with Crippen LogP contribution in [0, 0.1) is 11.8 Å². The number of aliphatic hydroxyl groups excluding tert-OH is 2. The number of fused-ring (bicyclic) bond motifs is 3. The number of ketones is 2. The number of aromatic hydroxyl groups is 1. The number of benzene rings is 1. The minimum Gasteiger partial charge on any atom is -0.508 e. The van der Waals surface area contributed by atoms with Gasteiger partial charge in [0.25, 0.3) is 5.91 Å². The molecule has 0 aromatic heterocycles. The van der Waals surface area contributed by atoms with Gasteiger partial charge in [-0.3, -0.25) is 19.3 Å². The van der Waals surface area contributed by atoms with Crippen molar-refractivity contribution in [2.24, 2.45) is 17.6 Å². The van der Waals surface area contributed by atoms with E-state index in [2.05, 4.69) is 38.3 Å². The molecule has 0 spiro atoms. The highest BCUT2D eigenvalue weighted by atomic mass is 16.3. The maximum atomic E-state index is 14.0. The Kier molecular flexibility index (Phi) is 6.60. The average Bonchev–Trinajstić information content (AvgIpc) is 2.80. The number of phenols is 1. The number of Topliss-reactive ketones (excluding diaryl/α,β-unsaturated/α-hetero) is 2. The van der Waals surface area contributed by atoms with Crippen LogP contribution < -0.4 is 16.4 Å². The van der Waals surface area contributed by atoms with Crippen LogP contribution in [0.4, 0.5) is 5.69 Å². The fourth-order valence-corrected chi connectivity index (χ4v) is 7.98. The van der Waals surface area contributed by atoms with Crippen molar-refractivity contribution in [1.82, 2.24) is 10.2 Å². The van der Waals surface area contributed by atoms with Gasteiger partial charge in [0.2, 0.25) is 5.78 Å². The summed E-state index contributed by atoms with van der Waals surface area (Å²) >= 11 is 0. The van der Waals surface area contributed by atoms with Crippen LogP contribution in [-0.2, 0) is 20.8 Å². The van der Waals surface area contributed by atoms with Crippen LogP contribution in [0.5, 0.6) is 5.75 Å². The molecule has 222 valence electrons. The highest BCUT2D eigenvalue weighted by molar-refractivity contribution is 6.24. The summed E-state index contributed by atoms with van der Waals surface area (Å²) in [5, 5.41) is 52.6. The van der Waals surface area contributed by atoms with Gasteiger partial charge in [-0.15, -0.1) is 0 Å². The number of phenolic OH excluding ortho intramolecular Hbond substituents is 1. The third-order valence-corrected chi connectivity index (χ3v) is 9.14. The van der Waals surface area contributed by atoms with Crippen LogP contribution in [0.15, 0.2) is 29.0 Å². The lowest BCUT2D eigenvalue weighted by molar-refractivity contribution is -0.153. The van der Waals surface area contributed by atoms with E-state index in [1.807, 2.05) is 0 Å². The third kappa shape index (κ3) is 4.41. The molecule has 11 nitrogen and oxygen atoms in total. The number of hydrogen-bond acceptors (Lipinski definition) is 10. The molecule has 4 atom stereocenters. The molecule has 11 heteroatoms. The Morgan fingerprint density at radius 2 is 1.68 bits per heavy atom. The lowest BCUT2D eigenvalue weighted by Gasteiger charge is -2.50. The first kappa shape index (κ1) is 29.1. The van der Waals surface area contributed by atoms with Gasteiger partial charge in [-0.25, -0.2) is 0 Å². The summed E-state index contributed by atoms with van der Waals surface area (Å²) in [6, 6.07) is 2.47. The molecule has 3 aliphatic carbocycles. The first-order valence-electron chi connectivity index (χ1n) is 13.9. The van der Waals surface area contributed by atoms with Crippen molar-refractivity contribution < 1.29 is 34.8 Å². The van der Waals surface area contributed by atoms with E-state index in [0.29, 0.717) is 11.3 Å². The molecule has 0 unspecified atom stereocenters. The summed E-state index contributed by atoms with van der Waals surface area (Å²) in [6.45, 7) is 8.47. The summed E-state index contributed by atoms with van der Waals surface area (Å²) in [7, 11) is 3.15. The largest absolute Gasteiger partial charge is 0.508 e. The van der Waals surface area contributed by atoms with E-state index in [-0.39, 0.29) is 46.8 Å². The predicted molar refractivity (Wildman–Crippen MR) is 152 cm³/mol. The van der Waals surface area contributed by atoms with E-state index < -0.39 is 58.0 Å². The molecule has 2 fully saturated rings. The van der Waals surface area contributed by atoms with Gasteiger partial charge in [-0.1, -0.05) is 6.07 Å². The molecule has 8 N–H and O–H groups in total. The second-order valence-corrected chi connectivity index (χ2v) is 13.6. The second-order valence-electron chi connectivity index (χ2n) is 13.6. The molecule has 0 radical (unpaired) electrons. The van der Waals surface area contributed by atoms with Gasteiger partial charge in [0, 0.05) is 28.6 Å². The van der Waals surface area contributed by atoms with E-state index in [0.717, 1.165) is 12.8 Å². The number of primary amides is 1. The SMILES string of the molecule is CN(C)[C@@H]1C(=O)C(C(N)=O)=C(O)[C@@]2(O)C(=O)C3=C(O)c4c(ccc(NC5CC(C)(C)NC(C)(C)C5)c4O)C[C@H]3C[C@H]12. The first-order valence-corrected chi connectivity index (χ1v) is 13.9. The number of carbonyl (C=O) groups is 3. The van der Waals surface area contributed by atoms with Crippen molar-refractivity contribution in [2.75, 3.05) is 19.4 Å². The van der Waals surface area contributed by atoms with Gasteiger partial charge < -0.3 is 36.8 Å². The third-order valence-electron chi connectivity index (χ3n) is 9.14. The summed E-state index contributed by atoms with van der Waals surface area (Å²) in [4.78, 5) is 40.8. The molecule has 41 heavy (non-hydrogen) atoms. The number of rotatable bonds is 4. The Hall–Kier alpha value is -3.41. The Labute approximate surface area is 239 Å². The van der Waals surface area contributed by atoms with Crippen LogP contribution in [-0.4, -0.2) is 85.7 Å². The minimum atomic E-state index is -2.65. The van der Waals surface area contributed by atoms with E-state index in [1.54, 1.807) is 26.2 Å². The second kappa shape index (κ2) is 9.30. The number of nitrogens with zero attached hydrogens (tertiary/aromatic N) is 1. The maximum absolute atomic E-state index is 14.0. The summed E-state index contributed by atoms with van der Waals surface area (Å²) in [6.07, 6.45) is 1.89. The zero-order chi connectivity index (χ0) is 30.4. The summed E-state index contributed by atoms with van der Waals surface area (Å²) in [5.41, 5.74) is 2.56. The number of anilines is 1. The smallest absolute Gasteiger partial charge is 0.255 e. The van der Waals surface area contributed by atoms with Crippen molar-refractivity contribution in [2.45, 2.75) is 82.1 Å². The van der Waals surface area contributed by atoms with Crippen LogP contribution in [0.1, 0.15) is 58.1 Å². The van der Waals surface area contributed by atoms with Crippen LogP contribution in [0.2, 0.25) is 0 Å². The molecule has 5 rings (SSSR count). The molecule has 1 aromatic carbocycles. The van der Waals surface area contributed by atoms with Crippen LogP contribution >= 0.6 is 0 Å². The molecule has 1 aliphatic heterocycles. The molecular weight excluding hydrogens is 528 g/mol. The van der Waals surface area contributed by atoms with E-state index in [4.69, 9.17) is 5.73 Å². The van der Waals surface area contributed by atoms with Gasteiger partial charge in [0.1, 0.15) is 22.8 Å². The van der Waals surface area contributed by atoms with Crippen molar-refractivity contribution in [3.05, 3.63) is 40.2 Å². The number of nitrogens with one attached hydrogen (secondary N) is 2. The predicted octanol–water partition coefficient (Wildman–Crippen LogP) is 1.69. The number of hydrogen-bond donors (Lipinski definition) is 7. The van der Waals surface area contributed by atoms with E-state index in [1.165, 1.54) is 4.90 Å². The lowest BCUT2D eigenvalue weighted by atomic mass is 9.57. The molecule has 4 aliphatic rings. The topological polar surface area (TPSA) is 185 Å². The normalized spacial score (nSPS) is 31.1. The van der Waals surface area contributed by atoms with Crippen molar-refractivity contribution in [1.29, 1.82) is 0 Å². The summed E-state index contributed by atoms with van der Waals surface area (Å²) in [5.74, 6) is -6.54. The minimum absolute atomic E-state index is 0.0196. The standard InChI is InChI=1S/C30H40N4O7/c1-28(2)11-15(12-29(3,4)33-28)32-17-8-7-13-9-14-10-16-21(34(5)6)24(37)20(27(31)40)26(39)30(16,41)25(38)19(14)23(36)18(13)22(17)35/h7-8,14-16,21,32-33,35-36,39,41H,9-12H2,1-6H3,(H2,31,40)/t14-,16+,21-,30-/m0/s1. The number of carbonyl (C=O) groups excluding carboxylic acids is 3. The number of amides is 1. The molecular formula is C30H40N4O7. The number of aliphatic hydroxyl groups is 3. The maximum Gasteiger partial charge on any atom is 0.255 e. The van der Waals surface area contributed by atoms with Crippen molar-refractivity contribution in [3.63, 3.8) is 0 Å². The van der Waals surface area contributed by atoms with Gasteiger partial charge in [-0.05, 0) is 85.0 Å². The molecule has 1 amide bonds. The van der Waals surface area contributed by atoms with E-state index in [9.17, 15) is 34.8 Å². The Morgan fingerprint density at radius 3 is 2.24 bits per heavy atom. The highest BCUT2D eigenvalue weighted by Crippen LogP contribution is 2.53. The number of likely N-dealkylation sites (N-methyl/N-ethyl adjacent to an activating group) is 1. The van der Waals surface area contributed by atoms with Gasteiger partial charge >= 0.3 is 0 Å². The summed E-state index contributed by atoms with van der Waals surface area (Å²) < 4.78 is 0. The fourth-order valence-electron chi connectivity index (χ4n) is 7.98.